The van der Waals surface area contributed by atoms with Gasteiger partial charge in [0.15, 0.2) is 0 Å². The van der Waals surface area contributed by atoms with E-state index in [1.165, 1.54) is 12.1 Å². The molecule has 3 heterocycles. The standard InChI is InChI=1S/C24H22FN5O3/c1-13-7-18-17(22(26)32)3-2-4-21(18)30(13)24-28-20-5-6-33-12-19(20)23(29-24)27-11-14-8-15(25)10-16(31)9-14/h2-4,7-10,31H,5-6,11-12H2,1H3,(H2,26,32)(H,27,28,29). The lowest BCUT2D eigenvalue weighted by Gasteiger charge is -2.21. The van der Waals surface area contributed by atoms with Crippen LogP contribution >= 0.6 is 0 Å². The maximum Gasteiger partial charge on any atom is 0.249 e. The molecule has 0 aliphatic carbocycles. The second-order valence-electron chi connectivity index (χ2n) is 8.00. The van der Waals surface area contributed by atoms with Crippen molar-refractivity contribution >= 4 is 22.6 Å². The summed E-state index contributed by atoms with van der Waals surface area (Å²) in [7, 11) is 0. The molecule has 33 heavy (non-hydrogen) atoms. The second-order valence-corrected chi connectivity index (χ2v) is 8.00. The first-order chi connectivity index (χ1) is 15.9. The normalized spacial score (nSPS) is 13.2. The monoisotopic (exact) mass is 447 g/mol. The SMILES string of the molecule is Cc1cc2c(C(N)=O)cccc2n1-c1nc2c(c(NCc3cc(O)cc(F)c3)n1)COCC2. The number of primary amides is 1. The number of ether oxygens (including phenoxy) is 1. The van der Waals surface area contributed by atoms with Gasteiger partial charge in [-0.15, -0.1) is 0 Å². The molecule has 9 heteroatoms. The van der Waals surface area contributed by atoms with E-state index in [9.17, 15) is 14.3 Å². The molecule has 1 aliphatic heterocycles. The predicted molar refractivity (Wildman–Crippen MR) is 121 cm³/mol. The third kappa shape index (κ3) is 3.87. The van der Waals surface area contributed by atoms with E-state index < -0.39 is 11.7 Å². The Morgan fingerprint density at radius 2 is 2.12 bits per heavy atom. The summed E-state index contributed by atoms with van der Waals surface area (Å²) in [5.74, 6) is -0.123. The Kier molecular flexibility index (Phi) is 5.18. The molecule has 2 aromatic carbocycles. The highest BCUT2D eigenvalue weighted by Gasteiger charge is 2.21. The van der Waals surface area contributed by atoms with Crippen LogP contribution in [0.5, 0.6) is 5.75 Å². The van der Waals surface area contributed by atoms with Gasteiger partial charge in [0.2, 0.25) is 11.9 Å². The van der Waals surface area contributed by atoms with Crippen LogP contribution in [-0.4, -0.2) is 32.2 Å². The quantitative estimate of drug-likeness (QED) is 0.432. The van der Waals surface area contributed by atoms with Crippen molar-refractivity contribution in [2.45, 2.75) is 26.5 Å². The van der Waals surface area contributed by atoms with Crippen molar-refractivity contribution in [3.63, 3.8) is 0 Å². The van der Waals surface area contributed by atoms with Crippen LogP contribution in [-0.2, 0) is 24.3 Å². The Hall–Kier alpha value is -3.98. The molecule has 2 aromatic heterocycles. The molecular weight excluding hydrogens is 425 g/mol. The molecule has 0 bridgehead atoms. The van der Waals surface area contributed by atoms with Crippen LogP contribution in [0.2, 0.25) is 0 Å². The van der Waals surface area contributed by atoms with Crippen LogP contribution in [0.4, 0.5) is 10.2 Å². The molecule has 0 radical (unpaired) electrons. The number of amides is 1. The van der Waals surface area contributed by atoms with Gasteiger partial charge in [0, 0.05) is 41.2 Å². The molecule has 0 spiro atoms. The Balaban J connectivity index is 1.60. The second kappa shape index (κ2) is 8.18. The fraction of sp³-hybridized carbons (Fsp3) is 0.208. The molecule has 0 saturated heterocycles. The average molecular weight is 447 g/mol. The first-order valence-electron chi connectivity index (χ1n) is 10.5. The van der Waals surface area contributed by atoms with Crippen molar-refractivity contribution in [2.24, 2.45) is 5.73 Å². The topological polar surface area (TPSA) is 115 Å². The van der Waals surface area contributed by atoms with E-state index in [0.29, 0.717) is 42.5 Å². The number of benzene rings is 2. The van der Waals surface area contributed by atoms with Crippen molar-refractivity contribution in [3.05, 3.63) is 76.4 Å². The van der Waals surface area contributed by atoms with Crippen molar-refractivity contribution in [1.29, 1.82) is 0 Å². The van der Waals surface area contributed by atoms with Gasteiger partial charge in [-0.2, -0.15) is 4.98 Å². The number of carbonyl (C=O) groups excluding carboxylic acids is 1. The third-order valence-corrected chi connectivity index (χ3v) is 5.71. The van der Waals surface area contributed by atoms with Gasteiger partial charge < -0.3 is 20.9 Å². The van der Waals surface area contributed by atoms with Gasteiger partial charge in [-0.05, 0) is 42.8 Å². The summed E-state index contributed by atoms with van der Waals surface area (Å²) in [6, 6.07) is 11.2. The molecule has 0 fully saturated rings. The smallest absolute Gasteiger partial charge is 0.249 e. The van der Waals surface area contributed by atoms with Crippen molar-refractivity contribution < 1.29 is 19.0 Å². The van der Waals surface area contributed by atoms with Gasteiger partial charge >= 0.3 is 0 Å². The predicted octanol–water partition coefficient (Wildman–Crippen LogP) is 3.36. The lowest BCUT2D eigenvalue weighted by molar-refractivity contribution is 0.100. The Morgan fingerprint density at radius 3 is 2.91 bits per heavy atom. The molecule has 5 rings (SSSR count). The fourth-order valence-corrected chi connectivity index (χ4v) is 4.23. The highest BCUT2D eigenvalue weighted by molar-refractivity contribution is 6.06. The minimum absolute atomic E-state index is 0.139. The third-order valence-electron chi connectivity index (χ3n) is 5.71. The molecule has 0 atom stereocenters. The van der Waals surface area contributed by atoms with Crippen LogP contribution in [0.15, 0.2) is 42.5 Å². The number of phenols is 1. The number of aromatic nitrogens is 3. The Labute approximate surface area is 188 Å². The number of halogens is 1. The minimum Gasteiger partial charge on any atom is -0.508 e. The molecule has 0 unspecified atom stereocenters. The first-order valence-corrected chi connectivity index (χ1v) is 10.5. The maximum atomic E-state index is 13.7. The summed E-state index contributed by atoms with van der Waals surface area (Å²) in [5, 5.41) is 13.7. The zero-order valence-corrected chi connectivity index (χ0v) is 17.9. The highest BCUT2D eigenvalue weighted by Crippen LogP contribution is 2.29. The number of rotatable bonds is 5. The molecule has 8 nitrogen and oxygen atoms in total. The van der Waals surface area contributed by atoms with Gasteiger partial charge in [-0.25, -0.2) is 9.37 Å². The van der Waals surface area contributed by atoms with E-state index in [4.69, 9.17) is 20.4 Å². The van der Waals surface area contributed by atoms with Gasteiger partial charge in [-0.3, -0.25) is 9.36 Å². The van der Waals surface area contributed by atoms with Crippen LogP contribution in [0.1, 0.15) is 32.9 Å². The number of aromatic hydroxyl groups is 1. The van der Waals surface area contributed by atoms with Crippen LogP contribution < -0.4 is 11.1 Å². The van der Waals surface area contributed by atoms with Gasteiger partial charge in [0.1, 0.15) is 17.4 Å². The summed E-state index contributed by atoms with van der Waals surface area (Å²) in [4.78, 5) is 21.5. The molecular formula is C24H22FN5O3. The molecule has 1 aliphatic rings. The summed E-state index contributed by atoms with van der Waals surface area (Å²) in [5.41, 5.74) is 9.91. The van der Waals surface area contributed by atoms with E-state index in [0.717, 1.165) is 33.9 Å². The maximum absolute atomic E-state index is 13.7. The van der Waals surface area contributed by atoms with Crippen LogP contribution in [0.25, 0.3) is 16.9 Å². The number of nitrogens with one attached hydrogen (secondary N) is 1. The van der Waals surface area contributed by atoms with Crippen LogP contribution in [0.3, 0.4) is 0 Å². The van der Waals surface area contributed by atoms with E-state index >= 15 is 0 Å². The zero-order chi connectivity index (χ0) is 23.1. The van der Waals surface area contributed by atoms with E-state index in [1.807, 2.05) is 23.6 Å². The number of anilines is 1. The van der Waals surface area contributed by atoms with E-state index in [2.05, 4.69) is 5.32 Å². The van der Waals surface area contributed by atoms with Crippen LogP contribution in [0, 0.1) is 12.7 Å². The zero-order valence-electron chi connectivity index (χ0n) is 17.9. The fourth-order valence-electron chi connectivity index (χ4n) is 4.23. The molecule has 1 amide bonds. The van der Waals surface area contributed by atoms with Gasteiger partial charge in [0.05, 0.1) is 24.4 Å². The summed E-state index contributed by atoms with van der Waals surface area (Å²) < 4.78 is 21.2. The largest absolute Gasteiger partial charge is 0.508 e. The minimum atomic E-state index is -0.514. The number of phenolic OH excluding ortho intramolecular Hbond substituents is 1. The van der Waals surface area contributed by atoms with Gasteiger partial charge in [-0.1, -0.05) is 6.07 Å². The van der Waals surface area contributed by atoms with E-state index in [1.54, 1.807) is 12.1 Å². The summed E-state index contributed by atoms with van der Waals surface area (Å²) in [6.45, 7) is 3.09. The summed E-state index contributed by atoms with van der Waals surface area (Å²) >= 11 is 0. The molecule has 4 N–H and O–H groups in total. The Bertz CT molecular complexity index is 1380. The molecule has 0 saturated carbocycles. The lowest BCUT2D eigenvalue weighted by Crippen LogP contribution is -2.19. The van der Waals surface area contributed by atoms with Crippen molar-refractivity contribution in [1.82, 2.24) is 14.5 Å². The van der Waals surface area contributed by atoms with E-state index in [-0.39, 0.29) is 12.3 Å². The average Bonchev–Trinajstić information content (AvgIpc) is 3.12. The number of aryl methyl sites for hydroxylation is 1. The summed E-state index contributed by atoms with van der Waals surface area (Å²) in [6.07, 6.45) is 0.630. The van der Waals surface area contributed by atoms with Gasteiger partial charge in [0.25, 0.3) is 0 Å². The lowest BCUT2D eigenvalue weighted by atomic mass is 10.1. The number of nitrogens with zero attached hydrogens (tertiary/aromatic N) is 3. The number of hydrogen-bond acceptors (Lipinski definition) is 6. The number of carbonyl (C=O) groups is 1. The first kappa shape index (κ1) is 20.9. The molecule has 168 valence electrons. The number of hydrogen-bond donors (Lipinski definition) is 3. The van der Waals surface area contributed by atoms with Crippen molar-refractivity contribution in [3.8, 4) is 11.7 Å². The number of fused-ring (bicyclic) bond motifs is 2. The van der Waals surface area contributed by atoms with Crippen molar-refractivity contribution in [2.75, 3.05) is 11.9 Å². The molecule has 4 aromatic rings. The highest BCUT2D eigenvalue weighted by atomic mass is 19.1. The number of nitrogens with two attached hydrogens (primary N) is 1. The Morgan fingerprint density at radius 1 is 1.27 bits per heavy atom.